The molecule has 0 saturated carbocycles. The summed E-state index contributed by atoms with van der Waals surface area (Å²) in [5.74, 6) is -0.588. The van der Waals surface area contributed by atoms with Gasteiger partial charge in [-0.05, 0) is 45.0 Å². The molecule has 0 heterocycles. The summed E-state index contributed by atoms with van der Waals surface area (Å²) >= 11 is 0. The van der Waals surface area contributed by atoms with Crippen molar-refractivity contribution >= 4 is 17.5 Å². The zero-order valence-electron chi connectivity index (χ0n) is 14.9. The van der Waals surface area contributed by atoms with Crippen LogP contribution < -0.4 is 10.6 Å². The van der Waals surface area contributed by atoms with Crippen LogP contribution in [0.25, 0.3) is 0 Å². The Morgan fingerprint density at radius 1 is 0.962 bits per heavy atom. The molecule has 0 aliphatic heterocycles. The van der Waals surface area contributed by atoms with Crippen molar-refractivity contribution in [1.29, 1.82) is 0 Å². The minimum atomic E-state index is -0.482. The molecule has 0 atom stereocenters. The number of para-hydroxylation sites is 1. The van der Waals surface area contributed by atoms with Crippen LogP contribution in [0.4, 0.5) is 5.69 Å². The van der Waals surface area contributed by atoms with E-state index in [-0.39, 0.29) is 29.6 Å². The highest BCUT2D eigenvalue weighted by Gasteiger charge is 2.16. The standard InChI is InChI=1S/C19H21N3O4/c1-19(2,3)21-18(24)14-10-8-13(9-11-14)17(23)20-12-15-6-4-5-7-16(15)22(25)26/h4-11H,12H2,1-3H3,(H,20,23)(H,21,24). The lowest BCUT2D eigenvalue weighted by Crippen LogP contribution is -2.40. The molecule has 0 spiro atoms. The number of carbonyl (C=O) groups is 2. The molecule has 136 valence electrons. The van der Waals surface area contributed by atoms with Gasteiger partial charge in [-0.3, -0.25) is 19.7 Å². The first kappa shape index (κ1) is 19.1. The third kappa shape index (κ3) is 5.14. The van der Waals surface area contributed by atoms with Crippen LogP contribution in [-0.2, 0) is 6.54 Å². The molecule has 0 radical (unpaired) electrons. The molecule has 26 heavy (non-hydrogen) atoms. The van der Waals surface area contributed by atoms with Gasteiger partial charge in [0.15, 0.2) is 0 Å². The van der Waals surface area contributed by atoms with Gasteiger partial charge in [0.1, 0.15) is 0 Å². The number of hydrogen-bond donors (Lipinski definition) is 2. The highest BCUT2D eigenvalue weighted by Crippen LogP contribution is 2.17. The summed E-state index contributed by atoms with van der Waals surface area (Å²) < 4.78 is 0. The van der Waals surface area contributed by atoms with Crippen LogP contribution in [0, 0.1) is 10.1 Å². The Balaban J connectivity index is 2.03. The van der Waals surface area contributed by atoms with Crippen molar-refractivity contribution in [1.82, 2.24) is 10.6 Å². The number of nitrogens with one attached hydrogen (secondary N) is 2. The smallest absolute Gasteiger partial charge is 0.274 e. The highest BCUT2D eigenvalue weighted by molar-refractivity contribution is 5.98. The third-order valence-corrected chi connectivity index (χ3v) is 3.53. The first-order valence-electron chi connectivity index (χ1n) is 8.10. The molecule has 7 heteroatoms. The largest absolute Gasteiger partial charge is 0.348 e. The van der Waals surface area contributed by atoms with Crippen molar-refractivity contribution in [2.75, 3.05) is 0 Å². The van der Waals surface area contributed by atoms with Gasteiger partial charge in [0.25, 0.3) is 17.5 Å². The zero-order valence-corrected chi connectivity index (χ0v) is 14.9. The number of benzene rings is 2. The second-order valence-electron chi connectivity index (χ2n) is 6.85. The van der Waals surface area contributed by atoms with Gasteiger partial charge >= 0.3 is 0 Å². The molecule has 0 saturated heterocycles. The zero-order chi connectivity index (χ0) is 19.3. The number of nitrogens with zero attached hydrogens (tertiary/aromatic N) is 1. The maximum atomic E-state index is 12.2. The maximum Gasteiger partial charge on any atom is 0.274 e. The number of amides is 2. The monoisotopic (exact) mass is 355 g/mol. The van der Waals surface area contributed by atoms with Crippen LogP contribution in [0.15, 0.2) is 48.5 Å². The van der Waals surface area contributed by atoms with Crippen LogP contribution >= 0.6 is 0 Å². The summed E-state index contributed by atoms with van der Waals surface area (Å²) in [4.78, 5) is 34.8. The first-order chi connectivity index (χ1) is 12.2. The number of hydrogen-bond acceptors (Lipinski definition) is 4. The number of nitro benzene ring substituents is 1. The maximum absolute atomic E-state index is 12.2. The molecule has 0 unspecified atom stereocenters. The molecular formula is C19H21N3O4. The number of carbonyl (C=O) groups excluding carboxylic acids is 2. The predicted octanol–water partition coefficient (Wildman–Crippen LogP) is 3.05. The lowest BCUT2D eigenvalue weighted by atomic mass is 10.1. The van der Waals surface area contributed by atoms with Crippen molar-refractivity contribution in [3.8, 4) is 0 Å². The van der Waals surface area contributed by atoms with Gasteiger partial charge in [0, 0.05) is 34.8 Å². The van der Waals surface area contributed by atoms with E-state index >= 15 is 0 Å². The SMILES string of the molecule is CC(C)(C)NC(=O)c1ccc(C(=O)NCc2ccccc2[N+](=O)[O-])cc1. The molecule has 7 nitrogen and oxygen atoms in total. The Morgan fingerprint density at radius 3 is 2.04 bits per heavy atom. The van der Waals surface area contributed by atoms with Gasteiger partial charge < -0.3 is 10.6 Å². The summed E-state index contributed by atoms with van der Waals surface area (Å²) in [6, 6.07) is 12.5. The van der Waals surface area contributed by atoms with E-state index in [9.17, 15) is 19.7 Å². The molecule has 0 aliphatic carbocycles. The fraction of sp³-hybridized carbons (Fsp3) is 0.263. The summed E-state index contributed by atoms with van der Waals surface area (Å²) in [7, 11) is 0. The Kier molecular flexibility index (Phi) is 5.71. The number of rotatable bonds is 5. The normalized spacial score (nSPS) is 10.9. The number of nitro groups is 1. The first-order valence-corrected chi connectivity index (χ1v) is 8.10. The minimum absolute atomic E-state index is 0.0398. The second-order valence-corrected chi connectivity index (χ2v) is 6.85. The summed E-state index contributed by atoms with van der Waals surface area (Å²) in [6.45, 7) is 5.70. The lowest BCUT2D eigenvalue weighted by Gasteiger charge is -2.20. The van der Waals surface area contributed by atoms with E-state index in [1.165, 1.54) is 6.07 Å². The fourth-order valence-corrected chi connectivity index (χ4v) is 2.30. The third-order valence-electron chi connectivity index (χ3n) is 3.53. The van der Waals surface area contributed by atoms with Gasteiger partial charge in [0.2, 0.25) is 0 Å². The van der Waals surface area contributed by atoms with Crippen molar-refractivity contribution in [3.05, 3.63) is 75.3 Å². The Hall–Kier alpha value is -3.22. The Morgan fingerprint density at radius 2 is 1.50 bits per heavy atom. The average Bonchev–Trinajstić information content (AvgIpc) is 2.58. The quantitative estimate of drug-likeness (QED) is 0.636. The van der Waals surface area contributed by atoms with E-state index in [0.717, 1.165) is 0 Å². The molecule has 0 aliphatic rings. The lowest BCUT2D eigenvalue weighted by molar-refractivity contribution is -0.385. The molecule has 2 N–H and O–H groups in total. The molecule has 2 rings (SSSR count). The molecule has 2 aromatic rings. The van der Waals surface area contributed by atoms with Crippen molar-refractivity contribution in [2.24, 2.45) is 0 Å². The molecule has 0 fully saturated rings. The average molecular weight is 355 g/mol. The van der Waals surface area contributed by atoms with Crippen molar-refractivity contribution < 1.29 is 14.5 Å². The highest BCUT2D eigenvalue weighted by atomic mass is 16.6. The van der Waals surface area contributed by atoms with Gasteiger partial charge in [-0.2, -0.15) is 0 Å². The summed E-state index contributed by atoms with van der Waals surface area (Å²) in [6.07, 6.45) is 0. The van der Waals surface area contributed by atoms with Crippen LogP contribution in [0.3, 0.4) is 0 Å². The van der Waals surface area contributed by atoms with Gasteiger partial charge in [0.05, 0.1) is 4.92 Å². The van der Waals surface area contributed by atoms with Crippen molar-refractivity contribution in [3.63, 3.8) is 0 Å². The molecular weight excluding hydrogens is 334 g/mol. The van der Waals surface area contributed by atoms with Crippen molar-refractivity contribution in [2.45, 2.75) is 32.9 Å². The van der Waals surface area contributed by atoms with Gasteiger partial charge in [-0.15, -0.1) is 0 Å². The summed E-state index contributed by atoms with van der Waals surface area (Å²) in [5.41, 5.74) is 0.859. The van der Waals surface area contributed by atoms with E-state index in [4.69, 9.17) is 0 Å². The van der Waals surface area contributed by atoms with Crippen LogP contribution in [0.5, 0.6) is 0 Å². The molecule has 0 aromatic heterocycles. The fourth-order valence-electron chi connectivity index (χ4n) is 2.30. The van der Waals surface area contributed by atoms with Crippen LogP contribution in [0.2, 0.25) is 0 Å². The Labute approximate surface area is 151 Å². The molecule has 2 amide bonds. The van der Waals surface area contributed by atoms with E-state index in [1.54, 1.807) is 42.5 Å². The van der Waals surface area contributed by atoms with E-state index in [2.05, 4.69) is 10.6 Å². The molecule has 2 aromatic carbocycles. The Bertz CT molecular complexity index is 823. The van der Waals surface area contributed by atoms with Crippen LogP contribution in [0.1, 0.15) is 47.1 Å². The van der Waals surface area contributed by atoms with Crippen LogP contribution in [-0.4, -0.2) is 22.3 Å². The van der Waals surface area contributed by atoms with Gasteiger partial charge in [-0.1, -0.05) is 18.2 Å². The van der Waals surface area contributed by atoms with E-state index < -0.39 is 4.92 Å². The second kappa shape index (κ2) is 7.77. The topological polar surface area (TPSA) is 101 Å². The predicted molar refractivity (Wildman–Crippen MR) is 97.9 cm³/mol. The summed E-state index contributed by atoms with van der Waals surface area (Å²) in [5, 5.41) is 16.5. The molecule has 0 bridgehead atoms. The van der Waals surface area contributed by atoms with E-state index in [1.807, 2.05) is 20.8 Å². The minimum Gasteiger partial charge on any atom is -0.348 e. The van der Waals surface area contributed by atoms with E-state index in [0.29, 0.717) is 16.7 Å². The van der Waals surface area contributed by atoms with Gasteiger partial charge in [-0.25, -0.2) is 0 Å².